The van der Waals surface area contributed by atoms with Crippen LogP contribution in [0.1, 0.15) is 0 Å². The van der Waals surface area contributed by atoms with Crippen molar-refractivity contribution in [1.29, 1.82) is 0 Å². The lowest BCUT2D eigenvalue weighted by molar-refractivity contribution is 0.874. The number of hydrogen-bond donors (Lipinski definition) is 1. The first-order chi connectivity index (χ1) is 8.13. The molecule has 0 saturated heterocycles. The molecule has 1 rings (SSSR count). The van der Waals surface area contributed by atoms with E-state index in [0.717, 1.165) is 0 Å². The minimum Gasteiger partial charge on any atom is -0.368 e. The molecule has 17 heavy (non-hydrogen) atoms. The minimum atomic E-state index is 0.289. The molecule has 0 fully saturated rings. The Labute approximate surface area is 110 Å². The monoisotopic (exact) mass is 269 g/mol. The Bertz CT molecular complexity index is 416. The van der Waals surface area contributed by atoms with Gasteiger partial charge in [0.25, 0.3) is 0 Å². The molecule has 0 bridgehead atoms. The van der Waals surface area contributed by atoms with Gasteiger partial charge in [0.05, 0.1) is 0 Å². The van der Waals surface area contributed by atoms with Gasteiger partial charge in [-0.1, -0.05) is 36.1 Å². The zero-order valence-corrected chi connectivity index (χ0v) is 11.3. The second-order valence-corrected chi connectivity index (χ2v) is 4.57. The second-order valence-electron chi connectivity index (χ2n) is 3.13. The molecule has 0 aliphatic rings. The number of anilines is 2. The zero-order chi connectivity index (χ0) is 12.8. The third-order valence-electron chi connectivity index (χ3n) is 1.95. The zero-order valence-electron chi connectivity index (χ0n) is 9.67. The Kier molecular flexibility index (Phi) is 5.17. The summed E-state index contributed by atoms with van der Waals surface area (Å²) in [7, 11) is 0. The van der Waals surface area contributed by atoms with Gasteiger partial charge < -0.3 is 10.6 Å². The van der Waals surface area contributed by atoms with Crippen molar-refractivity contribution >= 4 is 40.2 Å². The third-order valence-corrected chi connectivity index (χ3v) is 3.15. The second kappa shape index (κ2) is 6.41. The fourth-order valence-corrected chi connectivity index (χ4v) is 1.66. The summed E-state index contributed by atoms with van der Waals surface area (Å²) in [6, 6.07) is 0. The van der Waals surface area contributed by atoms with E-state index >= 15 is 0 Å². The standard InChI is InChI=1S/C10H15N5S2/c1-4-6-14(7-5-2)9-12-8(11)15(13-9)10(16)17-3/h4-5H,1-2,6-7H2,3H3,(H2,11,12,13). The van der Waals surface area contributed by atoms with Crippen LogP contribution in [0.4, 0.5) is 11.9 Å². The molecule has 0 aromatic carbocycles. The quantitative estimate of drug-likeness (QED) is 0.646. The lowest BCUT2D eigenvalue weighted by Gasteiger charge is -2.16. The maximum absolute atomic E-state index is 5.76. The van der Waals surface area contributed by atoms with Crippen molar-refractivity contribution in [1.82, 2.24) is 14.8 Å². The Balaban J connectivity index is 3.00. The van der Waals surface area contributed by atoms with Gasteiger partial charge in [-0.25, -0.2) is 0 Å². The average molecular weight is 269 g/mol. The van der Waals surface area contributed by atoms with Crippen molar-refractivity contribution < 1.29 is 0 Å². The number of nitrogens with two attached hydrogens (primary N) is 1. The molecule has 1 heterocycles. The van der Waals surface area contributed by atoms with Crippen LogP contribution < -0.4 is 10.6 Å². The molecule has 1 aromatic heterocycles. The number of rotatable bonds is 5. The molecule has 7 heteroatoms. The fraction of sp³-hybridized carbons (Fsp3) is 0.300. The predicted molar refractivity (Wildman–Crippen MR) is 78.6 cm³/mol. The molecule has 5 nitrogen and oxygen atoms in total. The highest BCUT2D eigenvalue weighted by Crippen LogP contribution is 2.14. The topological polar surface area (TPSA) is 60.0 Å². The Hall–Kier alpha value is -1.34. The van der Waals surface area contributed by atoms with Crippen molar-refractivity contribution in [2.45, 2.75) is 0 Å². The molecule has 0 saturated carbocycles. The van der Waals surface area contributed by atoms with Gasteiger partial charge in [-0.15, -0.1) is 18.3 Å². The largest absolute Gasteiger partial charge is 0.368 e. The van der Waals surface area contributed by atoms with Crippen LogP contribution in [0, 0.1) is 0 Å². The van der Waals surface area contributed by atoms with E-state index < -0.39 is 0 Å². The van der Waals surface area contributed by atoms with E-state index in [-0.39, 0.29) is 5.95 Å². The number of thiocarbonyl (C=S) groups is 1. The maximum Gasteiger partial charge on any atom is 0.247 e. The molecule has 0 aliphatic carbocycles. The summed E-state index contributed by atoms with van der Waals surface area (Å²) >= 11 is 6.52. The van der Waals surface area contributed by atoms with Crippen LogP contribution >= 0.6 is 24.0 Å². The SMILES string of the molecule is C=CCN(CC=C)c1nc(N)n(C(=S)SC)n1. The van der Waals surface area contributed by atoms with Crippen molar-refractivity contribution in [2.75, 3.05) is 30.0 Å². The summed E-state index contributed by atoms with van der Waals surface area (Å²) in [5, 5.41) is 4.27. The van der Waals surface area contributed by atoms with Gasteiger partial charge in [0, 0.05) is 13.1 Å². The van der Waals surface area contributed by atoms with Gasteiger partial charge >= 0.3 is 0 Å². The van der Waals surface area contributed by atoms with Gasteiger partial charge in [0.2, 0.25) is 11.9 Å². The van der Waals surface area contributed by atoms with Crippen molar-refractivity contribution in [3.63, 3.8) is 0 Å². The van der Waals surface area contributed by atoms with Crippen LogP contribution in [0.3, 0.4) is 0 Å². The van der Waals surface area contributed by atoms with Crippen LogP contribution in [0.5, 0.6) is 0 Å². The third kappa shape index (κ3) is 3.31. The molecule has 0 aliphatic heterocycles. The molecule has 92 valence electrons. The average Bonchev–Trinajstić information content (AvgIpc) is 2.70. The number of hydrogen-bond acceptors (Lipinski definition) is 6. The van der Waals surface area contributed by atoms with Gasteiger partial charge in [-0.2, -0.15) is 9.67 Å². The van der Waals surface area contributed by atoms with Crippen LogP contribution in [-0.4, -0.2) is 38.4 Å². The lowest BCUT2D eigenvalue weighted by Crippen LogP contribution is -2.24. The number of nitrogens with zero attached hydrogens (tertiary/aromatic N) is 4. The number of thioether (sulfide) groups is 1. The van der Waals surface area contributed by atoms with E-state index in [1.54, 1.807) is 12.2 Å². The van der Waals surface area contributed by atoms with E-state index in [2.05, 4.69) is 23.2 Å². The van der Waals surface area contributed by atoms with Crippen LogP contribution in [-0.2, 0) is 0 Å². The van der Waals surface area contributed by atoms with Gasteiger partial charge in [-0.05, 0) is 6.26 Å². The van der Waals surface area contributed by atoms with E-state index in [9.17, 15) is 0 Å². The summed E-state index contributed by atoms with van der Waals surface area (Å²) in [6.07, 6.45) is 5.41. The van der Waals surface area contributed by atoms with E-state index in [1.807, 2.05) is 11.2 Å². The van der Waals surface area contributed by atoms with Crippen molar-refractivity contribution in [3.8, 4) is 0 Å². The first-order valence-electron chi connectivity index (χ1n) is 4.91. The summed E-state index contributed by atoms with van der Waals surface area (Å²) in [4.78, 5) is 6.08. The highest BCUT2D eigenvalue weighted by Gasteiger charge is 2.14. The Morgan fingerprint density at radius 1 is 1.53 bits per heavy atom. The first-order valence-corrected chi connectivity index (χ1v) is 6.55. The molecule has 0 unspecified atom stereocenters. The highest BCUT2D eigenvalue weighted by atomic mass is 32.2. The van der Waals surface area contributed by atoms with Crippen LogP contribution in [0.25, 0.3) is 0 Å². The fourth-order valence-electron chi connectivity index (χ4n) is 1.22. The molecular weight excluding hydrogens is 254 g/mol. The highest BCUT2D eigenvalue weighted by molar-refractivity contribution is 8.22. The van der Waals surface area contributed by atoms with Crippen molar-refractivity contribution in [3.05, 3.63) is 25.3 Å². The summed E-state index contributed by atoms with van der Waals surface area (Å²) in [5.41, 5.74) is 5.76. The molecule has 1 aromatic rings. The van der Waals surface area contributed by atoms with Gasteiger partial charge in [0.1, 0.15) is 0 Å². The molecule has 0 spiro atoms. The van der Waals surface area contributed by atoms with Gasteiger partial charge in [-0.3, -0.25) is 0 Å². The van der Waals surface area contributed by atoms with E-state index in [0.29, 0.717) is 23.4 Å². The molecule has 2 N–H and O–H groups in total. The summed E-state index contributed by atoms with van der Waals surface area (Å²) < 4.78 is 2.02. The van der Waals surface area contributed by atoms with E-state index in [4.69, 9.17) is 18.0 Å². The Morgan fingerprint density at radius 2 is 2.12 bits per heavy atom. The summed E-state index contributed by atoms with van der Waals surface area (Å²) in [5.74, 6) is 0.816. The maximum atomic E-state index is 5.76. The van der Waals surface area contributed by atoms with E-state index in [1.165, 1.54) is 16.4 Å². The van der Waals surface area contributed by atoms with Crippen LogP contribution in [0.2, 0.25) is 0 Å². The molecule has 0 radical (unpaired) electrons. The van der Waals surface area contributed by atoms with Gasteiger partial charge in [0.15, 0.2) is 4.32 Å². The number of nitrogen functional groups attached to an aromatic ring is 1. The molecule has 0 atom stereocenters. The Morgan fingerprint density at radius 3 is 2.59 bits per heavy atom. The smallest absolute Gasteiger partial charge is 0.247 e. The summed E-state index contributed by atoms with van der Waals surface area (Å²) in [6.45, 7) is 8.63. The number of aromatic nitrogens is 3. The predicted octanol–water partition coefficient (Wildman–Crippen LogP) is 1.53. The molecule has 0 amide bonds. The van der Waals surface area contributed by atoms with Crippen molar-refractivity contribution in [2.24, 2.45) is 0 Å². The molecular formula is C10H15N5S2. The lowest BCUT2D eigenvalue weighted by atomic mass is 10.5. The normalized spacial score (nSPS) is 9.94. The first kappa shape index (κ1) is 13.7. The van der Waals surface area contributed by atoms with Crippen LogP contribution in [0.15, 0.2) is 25.3 Å². The minimum absolute atomic E-state index is 0.289.